The van der Waals surface area contributed by atoms with Crippen molar-refractivity contribution in [2.24, 2.45) is 0 Å². The number of alkyl carbamates (subject to hydrolysis) is 1. The van der Waals surface area contributed by atoms with Crippen LogP contribution in [0.3, 0.4) is 0 Å². The zero-order chi connectivity index (χ0) is 13.9. The first-order valence-electron chi connectivity index (χ1n) is 6.68. The van der Waals surface area contributed by atoms with Gasteiger partial charge in [-0.25, -0.2) is 4.79 Å². The Morgan fingerprint density at radius 1 is 1.58 bits per heavy atom. The van der Waals surface area contributed by atoms with Gasteiger partial charge in [0, 0.05) is 31.4 Å². The Kier molecular flexibility index (Phi) is 3.97. The number of aromatic nitrogens is 2. The third kappa shape index (κ3) is 4.15. The average molecular weight is 266 g/mol. The van der Waals surface area contributed by atoms with E-state index in [1.54, 1.807) is 6.20 Å². The maximum Gasteiger partial charge on any atom is 0.407 e. The van der Waals surface area contributed by atoms with E-state index in [0.29, 0.717) is 0 Å². The largest absolute Gasteiger partial charge is 0.444 e. The van der Waals surface area contributed by atoms with E-state index in [-0.39, 0.29) is 12.1 Å². The summed E-state index contributed by atoms with van der Waals surface area (Å²) in [6, 6.07) is 2.05. The van der Waals surface area contributed by atoms with Gasteiger partial charge >= 0.3 is 6.09 Å². The summed E-state index contributed by atoms with van der Waals surface area (Å²) in [6.07, 6.45) is 3.47. The number of nitrogens with zero attached hydrogens (tertiary/aromatic N) is 2. The summed E-state index contributed by atoms with van der Waals surface area (Å²) >= 11 is 0. The van der Waals surface area contributed by atoms with Gasteiger partial charge in [0.15, 0.2) is 0 Å². The highest BCUT2D eigenvalue weighted by Gasteiger charge is 2.24. The van der Waals surface area contributed by atoms with Crippen LogP contribution in [0, 0.1) is 0 Å². The summed E-state index contributed by atoms with van der Waals surface area (Å²) in [5.74, 6) is 0.927. The normalized spacial score (nSPS) is 20.2. The van der Waals surface area contributed by atoms with Crippen LogP contribution in [0.25, 0.3) is 0 Å². The second-order valence-corrected chi connectivity index (χ2v) is 5.86. The molecular formula is C13H22N4O2. The first kappa shape index (κ1) is 13.7. The molecule has 0 aliphatic carbocycles. The molecule has 1 amide bonds. The van der Waals surface area contributed by atoms with Gasteiger partial charge in [0.05, 0.1) is 0 Å². The number of carbonyl (C=O) groups is 1. The molecule has 0 aromatic carbocycles. The Bertz CT molecular complexity index is 411. The zero-order valence-electron chi connectivity index (χ0n) is 11.8. The van der Waals surface area contributed by atoms with E-state index in [1.165, 1.54) is 0 Å². The van der Waals surface area contributed by atoms with Crippen LogP contribution in [0.5, 0.6) is 0 Å². The maximum absolute atomic E-state index is 11.7. The highest BCUT2D eigenvalue weighted by molar-refractivity contribution is 5.68. The number of hydrogen-bond donors (Lipinski definition) is 2. The molecule has 0 spiro atoms. The number of carbonyl (C=O) groups excluding carboxylic acids is 1. The summed E-state index contributed by atoms with van der Waals surface area (Å²) in [5.41, 5.74) is -0.458. The Balaban J connectivity index is 1.86. The van der Waals surface area contributed by atoms with Crippen molar-refractivity contribution in [2.75, 3.05) is 18.0 Å². The lowest BCUT2D eigenvalue weighted by atomic mass is 10.1. The average Bonchev–Trinajstić information content (AvgIpc) is 2.79. The summed E-state index contributed by atoms with van der Waals surface area (Å²) < 4.78 is 5.28. The van der Waals surface area contributed by atoms with Crippen molar-refractivity contribution < 1.29 is 9.53 Å². The minimum Gasteiger partial charge on any atom is -0.444 e. The lowest BCUT2D eigenvalue weighted by molar-refractivity contribution is 0.0500. The molecule has 106 valence electrons. The minimum atomic E-state index is -0.458. The Morgan fingerprint density at radius 3 is 3.00 bits per heavy atom. The molecule has 6 nitrogen and oxygen atoms in total. The van der Waals surface area contributed by atoms with Crippen LogP contribution in [-0.4, -0.2) is 41.0 Å². The van der Waals surface area contributed by atoms with E-state index < -0.39 is 5.60 Å². The molecule has 0 saturated carbocycles. The van der Waals surface area contributed by atoms with Crippen molar-refractivity contribution in [3.8, 4) is 0 Å². The van der Waals surface area contributed by atoms with E-state index in [4.69, 9.17) is 4.74 Å². The predicted molar refractivity (Wildman–Crippen MR) is 73.2 cm³/mol. The molecule has 2 heterocycles. The zero-order valence-corrected chi connectivity index (χ0v) is 11.8. The molecule has 1 aromatic heterocycles. The fraction of sp³-hybridized carbons (Fsp3) is 0.692. The van der Waals surface area contributed by atoms with Gasteiger partial charge in [-0.15, -0.1) is 0 Å². The summed E-state index contributed by atoms with van der Waals surface area (Å²) in [7, 11) is 0. The number of amides is 1. The number of hydrogen-bond acceptors (Lipinski definition) is 4. The second-order valence-electron chi connectivity index (χ2n) is 5.86. The van der Waals surface area contributed by atoms with Gasteiger partial charge < -0.3 is 15.0 Å². The molecule has 1 atom stereocenters. The molecule has 1 aliphatic heterocycles. The van der Waals surface area contributed by atoms with Crippen molar-refractivity contribution in [1.82, 2.24) is 15.5 Å². The number of aromatic amines is 1. The van der Waals surface area contributed by atoms with Crippen molar-refractivity contribution in [3.05, 3.63) is 12.3 Å². The molecule has 6 heteroatoms. The predicted octanol–water partition coefficient (Wildman–Crippen LogP) is 1.90. The van der Waals surface area contributed by atoms with Gasteiger partial charge in [-0.05, 0) is 33.6 Å². The van der Waals surface area contributed by atoms with Crippen LogP contribution in [-0.2, 0) is 4.74 Å². The van der Waals surface area contributed by atoms with E-state index in [1.807, 2.05) is 26.8 Å². The van der Waals surface area contributed by atoms with Crippen molar-refractivity contribution in [1.29, 1.82) is 0 Å². The quantitative estimate of drug-likeness (QED) is 0.857. The van der Waals surface area contributed by atoms with Crippen molar-refractivity contribution >= 4 is 11.9 Å². The maximum atomic E-state index is 11.7. The van der Waals surface area contributed by atoms with E-state index in [2.05, 4.69) is 20.4 Å². The van der Waals surface area contributed by atoms with Gasteiger partial charge in [-0.3, -0.25) is 5.10 Å². The SMILES string of the molecule is CC(C)(C)OC(=O)NC1CCCN(c2cc[nH]n2)C1. The standard InChI is InChI=1S/C13H22N4O2/c1-13(2,3)19-12(18)15-10-5-4-8-17(9-10)11-6-7-14-16-11/h6-7,10H,4-5,8-9H2,1-3H3,(H,14,16)(H,15,18). The van der Waals surface area contributed by atoms with Crippen molar-refractivity contribution in [3.63, 3.8) is 0 Å². The van der Waals surface area contributed by atoms with E-state index in [9.17, 15) is 4.79 Å². The molecule has 1 aromatic rings. The number of rotatable bonds is 2. The summed E-state index contributed by atoms with van der Waals surface area (Å²) in [6.45, 7) is 7.33. The van der Waals surface area contributed by atoms with Crippen LogP contribution in [0.1, 0.15) is 33.6 Å². The van der Waals surface area contributed by atoms with Crippen molar-refractivity contribution in [2.45, 2.75) is 45.3 Å². The fourth-order valence-corrected chi connectivity index (χ4v) is 2.21. The third-order valence-corrected chi connectivity index (χ3v) is 2.95. The Labute approximate surface area is 113 Å². The molecular weight excluding hydrogens is 244 g/mol. The molecule has 0 bridgehead atoms. The third-order valence-electron chi connectivity index (χ3n) is 2.95. The lowest BCUT2D eigenvalue weighted by Gasteiger charge is -2.33. The summed E-state index contributed by atoms with van der Waals surface area (Å²) in [5, 5.41) is 9.91. The molecule has 0 radical (unpaired) electrons. The number of piperidine rings is 1. The lowest BCUT2D eigenvalue weighted by Crippen LogP contribution is -2.49. The first-order valence-corrected chi connectivity index (χ1v) is 6.68. The van der Waals surface area contributed by atoms with Gasteiger partial charge in [0.1, 0.15) is 11.4 Å². The van der Waals surface area contributed by atoms with Crippen LogP contribution >= 0.6 is 0 Å². The highest BCUT2D eigenvalue weighted by Crippen LogP contribution is 2.17. The minimum absolute atomic E-state index is 0.111. The molecule has 2 N–H and O–H groups in total. The van der Waals surface area contributed by atoms with Gasteiger partial charge in [0.2, 0.25) is 0 Å². The van der Waals surface area contributed by atoms with Crippen LogP contribution in [0.4, 0.5) is 10.6 Å². The van der Waals surface area contributed by atoms with Gasteiger partial charge in [-0.1, -0.05) is 0 Å². The molecule has 2 rings (SSSR count). The Morgan fingerprint density at radius 2 is 2.37 bits per heavy atom. The highest BCUT2D eigenvalue weighted by atomic mass is 16.6. The smallest absolute Gasteiger partial charge is 0.407 e. The molecule has 1 saturated heterocycles. The topological polar surface area (TPSA) is 70.2 Å². The Hall–Kier alpha value is -1.72. The number of anilines is 1. The first-order chi connectivity index (χ1) is 8.94. The fourth-order valence-electron chi connectivity index (χ4n) is 2.21. The molecule has 19 heavy (non-hydrogen) atoms. The molecule has 1 aliphatic rings. The molecule has 1 fully saturated rings. The van der Waals surface area contributed by atoms with Crippen LogP contribution in [0.15, 0.2) is 12.3 Å². The van der Waals surface area contributed by atoms with Crippen LogP contribution in [0.2, 0.25) is 0 Å². The van der Waals surface area contributed by atoms with Gasteiger partial charge in [0.25, 0.3) is 0 Å². The monoisotopic (exact) mass is 266 g/mol. The molecule has 1 unspecified atom stereocenters. The number of nitrogens with one attached hydrogen (secondary N) is 2. The van der Waals surface area contributed by atoms with E-state index >= 15 is 0 Å². The van der Waals surface area contributed by atoms with Crippen LogP contribution < -0.4 is 10.2 Å². The second kappa shape index (κ2) is 5.50. The van der Waals surface area contributed by atoms with E-state index in [0.717, 1.165) is 31.7 Å². The number of H-pyrrole nitrogens is 1. The number of ether oxygens (including phenoxy) is 1. The van der Waals surface area contributed by atoms with Gasteiger partial charge in [-0.2, -0.15) is 5.10 Å². The summed E-state index contributed by atoms with van der Waals surface area (Å²) in [4.78, 5) is 13.9.